The van der Waals surface area contributed by atoms with Gasteiger partial charge in [-0.15, -0.1) is 11.3 Å². The molecule has 29 heavy (non-hydrogen) atoms. The van der Waals surface area contributed by atoms with E-state index in [0.29, 0.717) is 29.1 Å². The van der Waals surface area contributed by atoms with Crippen LogP contribution in [0.1, 0.15) is 34.8 Å². The van der Waals surface area contributed by atoms with E-state index in [4.69, 9.17) is 0 Å². The monoisotopic (exact) mass is 413 g/mol. The molecule has 0 saturated carbocycles. The lowest BCUT2D eigenvalue weighted by Crippen LogP contribution is -2.34. The first kappa shape index (κ1) is 19.8. The summed E-state index contributed by atoms with van der Waals surface area (Å²) in [5.74, 6) is 1.26. The second kappa shape index (κ2) is 8.87. The fourth-order valence-electron chi connectivity index (χ4n) is 3.50. The third-order valence-corrected chi connectivity index (χ3v) is 5.91. The summed E-state index contributed by atoms with van der Waals surface area (Å²) in [7, 11) is 0. The fraction of sp³-hybridized carbons (Fsp3) is 0.450. The van der Waals surface area contributed by atoms with Gasteiger partial charge in [0.1, 0.15) is 5.82 Å². The number of anilines is 2. The summed E-state index contributed by atoms with van der Waals surface area (Å²) in [6, 6.07) is 0. The van der Waals surface area contributed by atoms with Crippen LogP contribution >= 0.6 is 11.3 Å². The predicted octanol–water partition coefficient (Wildman–Crippen LogP) is 3.68. The van der Waals surface area contributed by atoms with Crippen LogP contribution in [-0.2, 0) is 13.0 Å². The van der Waals surface area contributed by atoms with Gasteiger partial charge in [-0.2, -0.15) is 0 Å². The highest BCUT2D eigenvalue weighted by Gasteiger charge is 2.22. The van der Waals surface area contributed by atoms with Gasteiger partial charge in [-0.3, -0.25) is 4.90 Å². The number of piperidine rings is 1. The first-order valence-electron chi connectivity index (χ1n) is 9.76. The average molecular weight is 414 g/mol. The lowest BCUT2D eigenvalue weighted by Gasteiger charge is -2.31. The Bertz CT molecular complexity index is 952. The minimum absolute atomic E-state index is 0.342. The molecule has 0 aromatic carbocycles. The molecule has 1 N–H and O–H groups in total. The van der Waals surface area contributed by atoms with Crippen LogP contribution in [0.5, 0.6) is 0 Å². The van der Waals surface area contributed by atoms with Gasteiger partial charge in [0.05, 0.1) is 11.9 Å². The van der Waals surface area contributed by atoms with Crippen molar-refractivity contribution in [2.24, 2.45) is 5.92 Å². The highest BCUT2D eigenvalue weighted by molar-refractivity contribution is 7.15. The molecule has 0 bridgehead atoms. The molecule has 7 nitrogen and oxygen atoms in total. The molecular weight excluding hydrogens is 389 g/mol. The summed E-state index contributed by atoms with van der Waals surface area (Å²) in [5, 5.41) is 3.78. The van der Waals surface area contributed by atoms with Crippen LogP contribution in [0.3, 0.4) is 0 Å². The van der Waals surface area contributed by atoms with Crippen LogP contribution in [0.2, 0.25) is 0 Å². The van der Waals surface area contributed by atoms with Crippen molar-refractivity contribution in [1.29, 1.82) is 0 Å². The molecule has 0 aliphatic carbocycles. The number of hydrogen-bond donors (Lipinski definition) is 1. The Kier molecular flexibility index (Phi) is 6.05. The molecule has 4 rings (SSSR count). The fourth-order valence-corrected chi connectivity index (χ4v) is 4.15. The third-order valence-electron chi connectivity index (χ3n) is 5.09. The SMILES string of the molecule is Cc1ncc(CN2CCC(Cc3nc(Nc4ncc(C)s4)ncc3F)CC2)cn1. The number of likely N-dealkylation sites (tertiary alicyclic amines) is 1. The third kappa shape index (κ3) is 5.30. The Morgan fingerprint density at radius 1 is 1.07 bits per heavy atom. The molecule has 152 valence electrons. The Morgan fingerprint density at radius 3 is 2.52 bits per heavy atom. The maximum Gasteiger partial charge on any atom is 0.229 e. The zero-order valence-electron chi connectivity index (χ0n) is 16.6. The molecule has 1 saturated heterocycles. The van der Waals surface area contributed by atoms with Crippen molar-refractivity contribution in [2.75, 3.05) is 18.4 Å². The van der Waals surface area contributed by atoms with E-state index in [-0.39, 0.29) is 5.82 Å². The van der Waals surface area contributed by atoms with Crippen LogP contribution in [0.25, 0.3) is 0 Å². The molecular formula is C20H24FN7S. The number of nitrogens with one attached hydrogen (secondary N) is 1. The molecule has 1 fully saturated rings. The number of aryl methyl sites for hydroxylation is 2. The Labute approximate surface area is 173 Å². The van der Waals surface area contributed by atoms with Crippen molar-refractivity contribution >= 4 is 22.4 Å². The van der Waals surface area contributed by atoms with E-state index in [2.05, 4.69) is 35.1 Å². The first-order valence-corrected chi connectivity index (χ1v) is 10.6. The van der Waals surface area contributed by atoms with E-state index >= 15 is 0 Å². The zero-order valence-corrected chi connectivity index (χ0v) is 17.4. The maximum absolute atomic E-state index is 14.3. The smallest absolute Gasteiger partial charge is 0.229 e. The van der Waals surface area contributed by atoms with Crippen molar-refractivity contribution in [3.8, 4) is 0 Å². The second-order valence-electron chi connectivity index (χ2n) is 7.45. The van der Waals surface area contributed by atoms with Crippen LogP contribution in [0.15, 0.2) is 24.8 Å². The topological polar surface area (TPSA) is 79.7 Å². The summed E-state index contributed by atoms with van der Waals surface area (Å²) in [5.41, 5.74) is 1.60. The van der Waals surface area contributed by atoms with Crippen LogP contribution in [0.4, 0.5) is 15.5 Å². The molecule has 0 spiro atoms. The summed E-state index contributed by atoms with van der Waals surface area (Å²) < 4.78 is 14.3. The molecule has 4 heterocycles. The van der Waals surface area contributed by atoms with Crippen LogP contribution in [0, 0.1) is 25.6 Å². The highest BCUT2D eigenvalue weighted by atomic mass is 32.1. The Balaban J connectivity index is 1.32. The number of rotatable bonds is 6. The lowest BCUT2D eigenvalue weighted by molar-refractivity contribution is 0.175. The van der Waals surface area contributed by atoms with Crippen molar-refractivity contribution in [2.45, 2.75) is 39.7 Å². The first-order chi connectivity index (χ1) is 14.0. The summed E-state index contributed by atoms with van der Waals surface area (Å²) in [6.45, 7) is 6.69. The summed E-state index contributed by atoms with van der Waals surface area (Å²) in [4.78, 5) is 24.7. The molecule has 9 heteroatoms. The zero-order chi connectivity index (χ0) is 20.2. The lowest BCUT2D eigenvalue weighted by atomic mass is 9.92. The molecule has 0 unspecified atom stereocenters. The van der Waals surface area contributed by atoms with Crippen molar-refractivity contribution in [3.05, 3.63) is 52.6 Å². The van der Waals surface area contributed by atoms with Gasteiger partial charge < -0.3 is 5.32 Å². The van der Waals surface area contributed by atoms with Gasteiger partial charge in [0, 0.05) is 35.6 Å². The standard InChI is InChI=1S/C20H24FN7S/c1-13-8-25-20(29-13)27-19-24-11-17(21)18(26-19)7-15-3-5-28(6-4-15)12-16-9-22-14(2)23-10-16/h8-11,15H,3-7,12H2,1-2H3,(H,24,25,26,27). The molecule has 3 aromatic rings. The van der Waals surface area contributed by atoms with E-state index in [1.165, 1.54) is 17.5 Å². The van der Waals surface area contributed by atoms with Gasteiger partial charge >= 0.3 is 0 Å². The number of halogens is 1. The number of nitrogens with zero attached hydrogens (tertiary/aromatic N) is 6. The van der Waals surface area contributed by atoms with E-state index in [1.54, 1.807) is 6.20 Å². The van der Waals surface area contributed by atoms with E-state index in [9.17, 15) is 4.39 Å². The normalized spacial score (nSPS) is 15.6. The van der Waals surface area contributed by atoms with Gasteiger partial charge in [-0.1, -0.05) is 0 Å². The molecule has 3 aromatic heterocycles. The van der Waals surface area contributed by atoms with E-state index < -0.39 is 0 Å². The molecule has 0 radical (unpaired) electrons. The largest absolute Gasteiger partial charge is 0.300 e. The number of aromatic nitrogens is 5. The Hall–Kier alpha value is -2.52. The minimum Gasteiger partial charge on any atom is -0.300 e. The highest BCUT2D eigenvalue weighted by Crippen LogP contribution is 2.24. The van der Waals surface area contributed by atoms with Crippen LogP contribution < -0.4 is 5.32 Å². The predicted molar refractivity (Wildman–Crippen MR) is 111 cm³/mol. The molecule has 1 aliphatic heterocycles. The number of thiazole rings is 1. The Morgan fingerprint density at radius 2 is 1.83 bits per heavy atom. The average Bonchev–Trinajstić information content (AvgIpc) is 3.12. The van der Waals surface area contributed by atoms with Gasteiger partial charge in [-0.25, -0.2) is 29.3 Å². The second-order valence-corrected chi connectivity index (χ2v) is 8.69. The molecule has 0 atom stereocenters. The van der Waals surface area contributed by atoms with E-state index in [1.807, 2.05) is 26.2 Å². The van der Waals surface area contributed by atoms with Gasteiger partial charge in [0.25, 0.3) is 0 Å². The van der Waals surface area contributed by atoms with E-state index in [0.717, 1.165) is 48.7 Å². The van der Waals surface area contributed by atoms with Crippen molar-refractivity contribution in [1.82, 2.24) is 29.8 Å². The quantitative estimate of drug-likeness (QED) is 0.660. The molecule has 0 amide bonds. The minimum atomic E-state index is -0.342. The number of hydrogen-bond acceptors (Lipinski definition) is 8. The van der Waals surface area contributed by atoms with Gasteiger partial charge in [0.2, 0.25) is 5.95 Å². The molecule has 1 aliphatic rings. The maximum atomic E-state index is 14.3. The van der Waals surface area contributed by atoms with Gasteiger partial charge in [0.15, 0.2) is 10.9 Å². The van der Waals surface area contributed by atoms with Gasteiger partial charge in [-0.05, 0) is 52.1 Å². The van der Waals surface area contributed by atoms with Crippen molar-refractivity contribution < 1.29 is 4.39 Å². The summed E-state index contributed by atoms with van der Waals surface area (Å²) >= 11 is 1.52. The van der Waals surface area contributed by atoms with Crippen molar-refractivity contribution in [3.63, 3.8) is 0 Å². The summed E-state index contributed by atoms with van der Waals surface area (Å²) in [6.07, 6.45) is 9.48. The van der Waals surface area contributed by atoms with Crippen LogP contribution in [-0.4, -0.2) is 42.9 Å².